The van der Waals surface area contributed by atoms with E-state index in [-0.39, 0.29) is 5.41 Å². The van der Waals surface area contributed by atoms with Crippen LogP contribution in [0.3, 0.4) is 0 Å². The predicted octanol–water partition coefficient (Wildman–Crippen LogP) is 6.90. The van der Waals surface area contributed by atoms with E-state index in [1.54, 1.807) is 0 Å². The van der Waals surface area contributed by atoms with Crippen LogP contribution in [0.15, 0.2) is 78.9 Å². The zero-order valence-corrected chi connectivity index (χ0v) is 16.4. The van der Waals surface area contributed by atoms with Crippen LogP contribution in [0.5, 0.6) is 0 Å². The van der Waals surface area contributed by atoms with Crippen LogP contribution < -0.4 is 0 Å². The van der Waals surface area contributed by atoms with Crippen molar-refractivity contribution in [3.05, 3.63) is 84.7 Å². The molecule has 0 amide bonds. The van der Waals surface area contributed by atoms with Crippen LogP contribution in [0, 0.1) is 0 Å². The number of rotatable bonds is 1. The normalized spacial score (nSPS) is 12.1. The predicted molar refractivity (Wildman–Crippen MR) is 119 cm³/mol. The fraction of sp³-hybridized carbons (Fsp3) is 0.154. The van der Waals surface area contributed by atoms with Crippen LogP contribution in [0.4, 0.5) is 0 Å². The summed E-state index contributed by atoms with van der Waals surface area (Å²) in [5.74, 6) is 0.875. The van der Waals surface area contributed by atoms with Crippen molar-refractivity contribution in [2.45, 2.75) is 26.2 Å². The van der Waals surface area contributed by atoms with Crippen molar-refractivity contribution in [1.82, 2.24) is 9.97 Å². The van der Waals surface area contributed by atoms with E-state index in [2.05, 4.69) is 99.6 Å². The van der Waals surface area contributed by atoms with Crippen molar-refractivity contribution in [3.63, 3.8) is 0 Å². The standard InChI is InChI=1S/C26H22N2/c1-26(2,3)25-27-23(20-13-12-17-8-4-5-10-19(17)16-20)22-15-14-18-9-6-7-11-21(18)24(22)28-25/h4-16H,1-3H3. The second kappa shape index (κ2) is 6.13. The minimum atomic E-state index is -0.128. The molecule has 2 heteroatoms. The van der Waals surface area contributed by atoms with Gasteiger partial charge in [0, 0.05) is 21.8 Å². The molecule has 0 spiro atoms. The first kappa shape index (κ1) is 16.9. The topological polar surface area (TPSA) is 25.8 Å². The molecule has 0 atom stereocenters. The Morgan fingerprint density at radius 2 is 1.29 bits per heavy atom. The van der Waals surface area contributed by atoms with E-state index in [4.69, 9.17) is 9.97 Å². The van der Waals surface area contributed by atoms with Gasteiger partial charge < -0.3 is 0 Å². The molecule has 28 heavy (non-hydrogen) atoms. The van der Waals surface area contributed by atoms with Crippen molar-refractivity contribution in [2.24, 2.45) is 0 Å². The van der Waals surface area contributed by atoms with Gasteiger partial charge >= 0.3 is 0 Å². The quantitative estimate of drug-likeness (QED) is 0.303. The Balaban J connectivity index is 1.89. The van der Waals surface area contributed by atoms with Crippen molar-refractivity contribution >= 4 is 32.4 Å². The zero-order valence-electron chi connectivity index (χ0n) is 16.4. The van der Waals surface area contributed by atoms with E-state index in [0.717, 1.165) is 28.0 Å². The third-order valence-electron chi connectivity index (χ3n) is 5.28. The summed E-state index contributed by atoms with van der Waals surface area (Å²) in [6.07, 6.45) is 0. The lowest BCUT2D eigenvalue weighted by Crippen LogP contribution is -2.16. The van der Waals surface area contributed by atoms with Gasteiger partial charge in [0.05, 0.1) is 11.2 Å². The maximum atomic E-state index is 5.04. The number of hydrogen-bond donors (Lipinski definition) is 0. The Kier molecular flexibility index (Phi) is 3.70. The van der Waals surface area contributed by atoms with Gasteiger partial charge in [-0.3, -0.25) is 0 Å². The maximum absolute atomic E-state index is 5.04. The Morgan fingerprint density at radius 3 is 2.07 bits per heavy atom. The Morgan fingerprint density at radius 1 is 0.607 bits per heavy atom. The molecule has 0 bridgehead atoms. The van der Waals surface area contributed by atoms with Crippen LogP contribution in [0.25, 0.3) is 43.7 Å². The van der Waals surface area contributed by atoms with E-state index in [9.17, 15) is 0 Å². The van der Waals surface area contributed by atoms with E-state index in [1.807, 2.05) is 0 Å². The highest BCUT2D eigenvalue weighted by molar-refractivity contribution is 6.09. The Bertz CT molecular complexity index is 1340. The molecule has 136 valence electrons. The molecule has 4 aromatic carbocycles. The molecule has 2 nitrogen and oxygen atoms in total. The van der Waals surface area contributed by atoms with Gasteiger partial charge in [-0.2, -0.15) is 0 Å². The molecular formula is C26H22N2. The van der Waals surface area contributed by atoms with Crippen LogP contribution in [-0.2, 0) is 5.41 Å². The van der Waals surface area contributed by atoms with Gasteiger partial charge in [0.2, 0.25) is 0 Å². The molecule has 5 rings (SSSR count). The third kappa shape index (κ3) is 2.73. The van der Waals surface area contributed by atoms with E-state index in [1.165, 1.54) is 21.5 Å². The van der Waals surface area contributed by atoms with Gasteiger partial charge in [0.25, 0.3) is 0 Å². The molecule has 1 aromatic heterocycles. The molecule has 0 aliphatic rings. The van der Waals surface area contributed by atoms with Gasteiger partial charge in [-0.05, 0) is 28.3 Å². The number of hydrogen-bond acceptors (Lipinski definition) is 2. The summed E-state index contributed by atoms with van der Waals surface area (Å²) in [4.78, 5) is 10.1. The minimum absolute atomic E-state index is 0.128. The first-order valence-electron chi connectivity index (χ1n) is 9.70. The highest BCUT2D eigenvalue weighted by Gasteiger charge is 2.21. The van der Waals surface area contributed by atoms with Crippen molar-refractivity contribution in [2.75, 3.05) is 0 Å². The van der Waals surface area contributed by atoms with Gasteiger partial charge in [0.1, 0.15) is 5.82 Å². The Hall–Kier alpha value is -3.26. The minimum Gasteiger partial charge on any atom is -0.232 e. The summed E-state index contributed by atoms with van der Waals surface area (Å²) < 4.78 is 0. The van der Waals surface area contributed by atoms with Crippen LogP contribution >= 0.6 is 0 Å². The summed E-state index contributed by atoms with van der Waals surface area (Å²) >= 11 is 0. The fourth-order valence-corrected chi connectivity index (χ4v) is 3.76. The first-order valence-corrected chi connectivity index (χ1v) is 9.70. The SMILES string of the molecule is CC(C)(C)c1nc(-c2ccc3ccccc3c2)c2ccc3ccccc3c2n1. The average molecular weight is 362 g/mol. The highest BCUT2D eigenvalue weighted by Crippen LogP contribution is 2.34. The van der Waals surface area contributed by atoms with Crippen molar-refractivity contribution in [1.29, 1.82) is 0 Å². The van der Waals surface area contributed by atoms with Gasteiger partial charge in [-0.15, -0.1) is 0 Å². The Labute approximate surface area is 164 Å². The lowest BCUT2D eigenvalue weighted by Gasteiger charge is -2.19. The van der Waals surface area contributed by atoms with E-state index in [0.29, 0.717) is 0 Å². The van der Waals surface area contributed by atoms with Gasteiger partial charge in [0.15, 0.2) is 0 Å². The first-order chi connectivity index (χ1) is 13.5. The lowest BCUT2D eigenvalue weighted by atomic mass is 9.93. The third-order valence-corrected chi connectivity index (χ3v) is 5.28. The average Bonchev–Trinajstić information content (AvgIpc) is 2.71. The van der Waals surface area contributed by atoms with Crippen molar-refractivity contribution < 1.29 is 0 Å². The van der Waals surface area contributed by atoms with Crippen LogP contribution in [0.1, 0.15) is 26.6 Å². The molecule has 0 saturated carbocycles. The molecule has 0 aliphatic carbocycles. The van der Waals surface area contributed by atoms with Gasteiger partial charge in [-0.1, -0.05) is 87.5 Å². The molecule has 0 radical (unpaired) electrons. The monoisotopic (exact) mass is 362 g/mol. The second-order valence-corrected chi connectivity index (χ2v) is 8.39. The fourth-order valence-electron chi connectivity index (χ4n) is 3.76. The molecule has 1 heterocycles. The smallest absolute Gasteiger partial charge is 0.135 e. The molecule has 0 N–H and O–H groups in total. The highest BCUT2D eigenvalue weighted by atomic mass is 14.9. The van der Waals surface area contributed by atoms with Crippen molar-refractivity contribution in [3.8, 4) is 11.3 Å². The number of nitrogens with zero attached hydrogens (tertiary/aromatic N) is 2. The molecule has 0 fully saturated rings. The van der Waals surface area contributed by atoms with Crippen LogP contribution in [0.2, 0.25) is 0 Å². The summed E-state index contributed by atoms with van der Waals surface area (Å²) in [5.41, 5.74) is 3.04. The van der Waals surface area contributed by atoms with Crippen LogP contribution in [-0.4, -0.2) is 9.97 Å². The maximum Gasteiger partial charge on any atom is 0.135 e. The molecular weight excluding hydrogens is 340 g/mol. The van der Waals surface area contributed by atoms with E-state index < -0.39 is 0 Å². The zero-order chi connectivity index (χ0) is 19.3. The number of benzene rings is 4. The summed E-state index contributed by atoms with van der Waals surface area (Å²) in [7, 11) is 0. The lowest BCUT2D eigenvalue weighted by molar-refractivity contribution is 0.549. The number of aromatic nitrogens is 2. The van der Waals surface area contributed by atoms with E-state index >= 15 is 0 Å². The molecule has 5 aromatic rings. The summed E-state index contributed by atoms with van der Waals surface area (Å²) in [5, 5.41) is 5.95. The largest absolute Gasteiger partial charge is 0.232 e. The molecule has 0 saturated heterocycles. The number of fused-ring (bicyclic) bond motifs is 4. The molecule has 0 aliphatic heterocycles. The van der Waals surface area contributed by atoms with Gasteiger partial charge in [-0.25, -0.2) is 9.97 Å². The summed E-state index contributed by atoms with van der Waals surface area (Å²) in [6, 6.07) is 27.8. The molecule has 0 unspecified atom stereocenters. The summed E-state index contributed by atoms with van der Waals surface area (Å²) in [6.45, 7) is 6.51. The second-order valence-electron chi connectivity index (χ2n) is 8.39.